The van der Waals surface area contributed by atoms with Gasteiger partial charge in [0.05, 0.1) is 13.7 Å². The van der Waals surface area contributed by atoms with Crippen LogP contribution in [0.1, 0.15) is 18.9 Å². The van der Waals surface area contributed by atoms with Crippen molar-refractivity contribution in [2.24, 2.45) is 0 Å². The van der Waals surface area contributed by atoms with E-state index in [0.29, 0.717) is 18.1 Å². The summed E-state index contributed by atoms with van der Waals surface area (Å²) in [5.41, 5.74) is 0.757. The molecule has 17 heavy (non-hydrogen) atoms. The van der Waals surface area contributed by atoms with E-state index in [4.69, 9.17) is 14.6 Å². The number of carboxylic acids is 1. The molecule has 0 amide bonds. The highest BCUT2D eigenvalue weighted by molar-refractivity contribution is 5.85. The smallest absolute Gasteiger partial charge is 0.328 e. The Morgan fingerprint density at radius 3 is 2.76 bits per heavy atom. The summed E-state index contributed by atoms with van der Waals surface area (Å²) < 4.78 is 10.7. The normalized spacial score (nSPS) is 10.5. The maximum absolute atomic E-state index is 10.4. The van der Waals surface area contributed by atoms with E-state index in [0.717, 1.165) is 18.1 Å². The van der Waals surface area contributed by atoms with Crippen molar-refractivity contribution in [1.29, 1.82) is 0 Å². The van der Waals surface area contributed by atoms with Crippen molar-refractivity contribution in [3.05, 3.63) is 29.8 Å². The number of benzene rings is 1. The zero-order valence-electron chi connectivity index (χ0n) is 9.97. The van der Waals surface area contributed by atoms with Gasteiger partial charge in [-0.15, -0.1) is 0 Å². The second kappa shape index (κ2) is 6.58. The highest BCUT2D eigenvalue weighted by Crippen LogP contribution is 2.28. The summed E-state index contributed by atoms with van der Waals surface area (Å²) in [7, 11) is 1.55. The number of aliphatic carboxylic acids is 1. The van der Waals surface area contributed by atoms with Crippen LogP contribution >= 0.6 is 0 Å². The average Bonchev–Trinajstić information content (AvgIpc) is 2.34. The SMILES string of the molecule is CCCOc1ccc(C=CC(=O)O)cc1OC. The van der Waals surface area contributed by atoms with Crippen LogP contribution in [0, 0.1) is 0 Å². The first-order valence-electron chi connectivity index (χ1n) is 5.39. The van der Waals surface area contributed by atoms with Crippen LogP contribution in [-0.4, -0.2) is 24.8 Å². The summed E-state index contributed by atoms with van der Waals surface area (Å²) >= 11 is 0. The highest BCUT2D eigenvalue weighted by atomic mass is 16.5. The number of methoxy groups -OCH3 is 1. The number of hydrogen-bond acceptors (Lipinski definition) is 3. The molecular weight excluding hydrogens is 220 g/mol. The molecule has 92 valence electrons. The molecule has 0 aliphatic carbocycles. The molecule has 0 aliphatic rings. The Labute approximate surface area is 100 Å². The first-order valence-corrected chi connectivity index (χ1v) is 5.39. The lowest BCUT2D eigenvalue weighted by molar-refractivity contribution is -0.131. The van der Waals surface area contributed by atoms with E-state index >= 15 is 0 Å². The summed E-state index contributed by atoms with van der Waals surface area (Å²) in [4.78, 5) is 10.4. The fraction of sp³-hybridized carbons (Fsp3) is 0.308. The molecule has 0 spiro atoms. The van der Waals surface area contributed by atoms with E-state index in [2.05, 4.69) is 0 Å². The monoisotopic (exact) mass is 236 g/mol. The maximum Gasteiger partial charge on any atom is 0.328 e. The lowest BCUT2D eigenvalue weighted by atomic mass is 10.2. The molecule has 1 aromatic carbocycles. The third-order valence-electron chi connectivity index (χ3n) is 2.07. The number of carbonyl (C=O) groups is 1. The lowest BCUT2D eigenvalue weighted by Gasteiger charge is -2.10. The molecular formula is C13H16O4. The summed E-state index contributed by atoms with van der Waals surface area (Å²) in [5, 5.41) is 8.53. The van der Waals surface area contributed by atoms with Crippen LogP contribution in [0.4, 0.5) is 0 Å². The molecule has 0 bridgehead atoms. The van der Waals surface area contributed by atoms with Gasteiger partial charge in [-0.05, 0) is 30.2 Å². The zero-order chi connectivity index (χ0) is 12.7. The molecule has 0 saturated heterocycles. The second-order valence-electron chi connectivity index (χ2n) is 3.43. The molecule has 0 unspecified atom stereocenters. The van der Waals surface area contributed by atoms with E-state index in [9.17, 15) is 4.79 Å². The average molecular weight is 236 g/mol. The fourth-order valence-corrected chi connectivity index (χ4v) is 1.29. The predicted octanol–water partition coefficient (Wildman–Crippen LogP) is 2.58. The predicted molar refractivity (Wildman–Crippen MR) is 65.4 cm³/mol. The number of rotatable bonds is 6. The molecule has 1 N–H and O–H groups in total. The van der Waals surface area contributed by atoms with Crippen molar-refractivity contribution in [2.75, 3.05) is 13.7 Å². The van der Waals surface area contributed by atoms with Crippen molar-refractivity contribution in [3.8, 4) is 11.5 Å². The van der Waals surface area contributed by atoms with E-state index in [-0.39, 0.29) is 0 Å². The van der Waals surface area contributed by atoms with E-state index in [1.54, 1.807) is 25.3 Å². The lowest BCUT2D eigenvalue weighted by Crippen LogP contribution is -1.97. The first-order chi connectivity index (χ1) is 8.17. The van der Waals surface area contributed by atoms with Gasteiger partial charge in [0.25, 0.3) is 0 Å². The summed E-state index contributed by atoms with van der Waals surface area (Å²) in [6.07, 6.45) is 3.51. The minimum absolute atomic E-state index is 0.603. The minimum Gasteiger partial charge on any atom is -0.493 e. The van der Waals surface area contributed by atoms with E-state index < -0.39 is 5.97 Å². The van der Waals surface area contributed by atoms with Crippen LogP contribution in [0.5, 0.6) is 11.5 Å². The van der Waals surface area contributed by atoms with Crippen molar-refractivity contribution < 1.29 is 19.4 Å². The van der Waals surface area contributed by atoms with Crippen LogP contribution < -0.4 is 9.47 Å². The Kier molecular flexibility index (Phi) is 5.07. The van der Waals surface area contributed by atoms with Crippen molar-refractivity contribution in [1.82, 2.24) is 0 Å². The molecule has 1 aromatic rings. The minimum atomic E-state index is -0.977. The van der Waals surface area contributed by atoms with Gasteiger partial charge in [-0.1, -0.05) is 13.0 Å². The summed E-state index contributed by atoms with van der Waals surface area (Å²) in [5.74, 6) is 0.295. The second-order valence-corrected chi connectivity index (χ2v) is 3.43. The molecule has 4 heteroatoms. The molecule has 0 radical (unpaired) electrons. The molecule has 0 saturated carbocycles. The van der Waals surface area contributed by atoms with Crippen LogP contribution in [0.2, 0.25) is 0 Å². The summed E-state index contributed by atoms with van der Waals surface area (Å²) in [6.45, 7) is 2.65. The van der Waals surface area contributed by atoms with Gasteiger partial charge in [0.15, 0.2) is 11.5 Å². The number of hydrogen-bond donors (Lipinski definition) is 1. The van der Waals surface area contributed by atoms with E-state index in [1.165, 1.54) is 6.08 Å². The standard InChI is InChI=1S/C13H16O4/c1-3-8-17-11-6-4-10(5-7-13(14)15)9-12(11)16-2/h4-7,9H,3,8H2,1-2H3,(H,14,15). The topological polar surface area (TPSA) is 55.8 Å². The van der Waals surface area contributed by atoms with Gasteiger partial charge in [-0.25, -0.2) is 4.79 Å². The third kappa shape index (κ3) is 4.18. The van der Waals surface area contributed by atoms with Crippen molar-refractivity contribution >= 4 is 12.0 Å². The zero-order valence-corrected chi connectivity index (χ0v) is 9.97. The van der Waals surface area contributed by atoms with Crippen molar-refractivity contribution in [3.63, 3.8) is 0 Å². The summed E-state index contributed by atoms with van der Waals surface area (Å²) in [6, 6.07) is 5.30. The Balaban J connectivity index is 2.87. The van der Waals surface area contributed by atoms with Crippen LogP contribution in [0.3, 0.4) is 0 Å². The molecule has 1 rings (SSSR count). The molecule has 4 nitrogen and oxygen atoms in total. The maximum atomic E-state index is 10.4. The van der Waals surface area contributed by atoms with Gasteiger partial charge < -0.3 is 14.6 Å². The third-order valence-corrected chi connectivity index (χ3v) is 2.07. The van der Waals surface area contributed by atoms with Crippen LogP contribution in [0.15, 0.2) is 24.3 Å². The van der Waals surface area contributed by atoms with Gasteiger partial charge in [-0.2, -0.15) is 0 Å². The van der Waals surface area contributed by atoms with Gasteiger partial charge in [0, 0.05) is 6.08 Å². The van der Waals surface area contributed by atoms with Gasteiger partial charge in [-0.3, -0.25) is 0 Å². The largest absolute Gasteiger partial charge is 0.493 e. The molecule has 0 aliphatic heterocycles. The molecule has 0 fully saturated rings. The van der Waals surface area contributed by atoms with Gasteiger partial charge in [0.2, 0.25) is 0 Å². The fourth-order valence-electron chi connectivity index (χ4n) is 1.29. The Morgan fingerprint density at radius 1 is 1.41 bits per heavy atom. The Bertz CT molecular complexity index is 410. The molecule has 0 aromatic heterocycles. The Hall–Kier alpha value is -1.97. The van der Waals surface area contributed by atoms with Crippen molar-refractivity contribution in [2.45, 2.75) is 13.3 Å². The van der Waals surface area contributed by atoms with E-state index in [1.807, 2.05) is 6.92 Å². The Morgan fingerprint density at radius 2 is 2.18 bits per heavy atom. The first kappa shape index (κ1) is 13.1. The number of carboxylic acid groups (broad SMARTS) is 1. The number of ether oxygens (including phenoxy) is 2. The van der Waals surface area contributed by atoms with Crippen LogP contribution in [0.25, 0.3) is 6.08 Å². The highest BCUT2D eigenvalue weighted by Gasteiger charge is 2.04. The van der Waals surface area contributed by atoms with Crippen LogP contribution in [-0.2, 0) is 4.79 Å². The molecule has 0 atom stereocenters. The van der Waals surface area contributed by atoms with Gasteiger partial charge >= 0.3 is 5.97 Å². The quantitative estimate of drug-likeness (QED) is 0.771. The molecule has 0 heterocycles. The van der Waals surface area contributed by atoms with Gasteiger partial charge in [0.1, 0.15) is 0 Å².